The van der Waals surface area contributed by atoms with Crippen LogP contribution in [0.2, 0.25) is 0 Å². The molecule has 0 spiro atoms. The lowest BCUT2D eigenvalue weighted by atomic mass is 9.94. The van der Waals surface area contributed by atoms with Crippen molar-refractivity contribution < 1.29 is 9.32 Å². The van der Waals surface area contributed by atoms with E-state index in [1.54, 1.807) is 10.9 Å². The monoisotopic (exact) mass is 365 g/mol. The minimum atomic E-state index is 0.106. The first-order chi connectivity index (χ1) is 13.2. The first kappa shape index (κ1) is 17.5. The average Bonchev–Trinajstić information content (AvgIpc) is 3.34. The molecule has 1 aliphatic rings. The molecule has 0 radical (unpaired) electrons. The van der Waals surface area contributed by atoms with E-state index in [-0.39, 0.29) is 12.5 Å². The van der Waals surface area contributed by atoms with Gasteiger partial charge in [0.05, 0.1) is 0 Å². The fraction of sp³-hybridized carbons (Fsp3) is 0.400. The molecule has 4 rings (SSSR count). The number of piperidine rings is 1. The molecule has 0 saturated carbocycles. The van der Waals surface area contributed by atoms with Crippen molar-refractivity contribution in [1.29, 1.82) is 0 Å². The summed E-state index contributed by atoms with van der Waals surface area (Å²) in [4.78, 5) is 19.0. The topological polar surface area (TPSA) is 77.0 Å². The Morgan fingerprint density at radius 1 is 1.30 bits per heavy atom. The van der Waals surface area contributed by atoms with Gasteiger partial charge in [0.15, 0.2) is 0 Å². The van der Waals surface area contributed by atoms with Gasteiger partial charge in [0, 0.05) is 37.5 Å². The fourth-order valence-corrected chi connectivity index (χ4v) is 3.61. The minimum Gasteiger partial charge on any atom is -0.341 e. The maximum Gasteiger partial charge on any atom is 0.244 e. The van der Waals surface area contributed by atoms with Crippen LogP contribution in [0.4, 0.5) is 0 Å². The Morgan fingerprint density at radius 2 is 2.19 bits per heavy atom. The fourth-order valence-electron chi connectivity index (χ4n) is 3.61. The van der Waals surface area contributed by atoms with E-state index >= 15 is 0 Å². The Balaban J connectivity index is 1.38. The molecule has 1 aliphatic heterocycles. The second-order valence-corrected chi connectivity index (χ2v) is 7.08. The molecule has 1 amide bonds. The number of carbonyl (C=O) groups is 1. The van der Waals surface area contributed by atoms with Crippen LogP contribution in [0.3, 0.4) is 0 Å². The van der Waals surface area contributed by atoms with Crippen molar-refractivity contribution in [1.82, 2.24) is 24.8 Å². The van der Waals surface area contributed by atoms with Gasteiger partial charge in [-0.25, -0.2) is 0 Å². The molecule has 1 unspecified atom stereocenters. The van der Waals surface area contributed by atoms with Crippen LogP contribution in [0.1, 0.15) is 24.3 Å². The molecule has 27 heavy (non-hydrogen) atoms. The summed E-state index contributed by atoms with van der Waals surface area (Å²) in [7, 11) is 0. The van der Waals surface area contributed by atoms with Gasteiger partial charge in [-0.3, -0.25) is 9.48 Å². The van der Waals surface area contributed by atoms with Crippen LogP contribution in [-0.4, -0.2) is 43.8 Å². The molecule has 3 aromatic rings. The smallest absolute Gasteiger partial charge is 0.244 e. The molecule has 1 atom stereocenters. The van der Waals surface area contributed by atoms with Crippen LogP contribution >= 0.6 is 0 Å². The third-order valence-corrected chi connectivity index (χ3v) is 5.05. The third-order valence-electron chi connectivity index (χ3n) is 5.05. The molecule has 7 nitrogen and oxygen atoms in total. The van der Waals surface area contributed by atoms with Gasteiger partial charge in [-0.1, -0.05) is 29.4 Å². The predicted octanol–water partition coefficient (Wildman–Crippen LogP) is 2.72. The van der Waals surface area contributed by atoms with Gasteiger partial charge in [-0.05, 0) is 37.3 Å². The van der Waals surface area contributed by atoms with E-state index in [1.165, 1.54) is 0 Å². The summed E-state index contributed by atoms with van der Waals surface area (Å²) in [6.07, 6.45) is 6.26. The maximum atomic E-state index is 12.5. The summed E-state index contributed by atoms with van der Waals surface area (Å²) in [6.45, 7) is 3.85. The normalized spacial score (nSPS) is 17.2. The number of likely N-dealkylation sites (tertiary alicyclic amines) is 1. The summed E-state index contributed by atoms with van der Waals surface area (Å²) < 4.78 is 7.14. The zero-order valence-corrected chi connectivity index (χ0v) is 15.4. The summed E-state index contributed by atoms with van der Waals surface area (Å²) in [5.41, 5.74) is 2.12. The van der Waals surface area contributed by atoms with E-state index < -0.39 is 0 Å². The Labute approximate surface area is 158 Å². The lowest BCUT2D eigenvalue weighted by Gasteiger charge is -2.32. The van der Waals surface area contributed by atoms with Crippen LogP contribution in [-0.2, 0) is 17.8 Å². The van der Waals surface area contributed by atoms with Crippen molar-refractivity contribution >= 4 is 5.91 Å². The highest BCUT2D eigenvalue weighted by atomic mass is 16.5. The van der Waals surface area contributed by atoms with Crippen LogP contribution in [0.25, 0.3) is 11.4 Å². The molecule has 1 saturated heterocycles. The molecule has 140 valence electrons. The first-order valence-corrected chi connectivity index (χ1v) is 9.33. The molecule has 3 heterocycles. The van der Waals surface area contributed by atoms with Crippen LogP contribution in [0.5, 0.6) is 0 Å². The second kappa shape index (κ2) is 7.73. The van der Waals surface area contributed by atoms with E-state index in [0.717, 1.165) is 37.1 Å². The highest BCUT2D eigenvalue weighted by Gasteiger charge is 2.25. The second-order valence-electron chi connectivity index (χ2n) is 7.08. The SMILES string of the molecule is Cc1ccccc1-c1noc(CC2CCCN(C(=O)Cn3cccn3)C2)n1. The number of aryl methyl sites for hydroxylation is 1. The van der Waals surface area contributed by atoms with Gasteiger partial charge in [0.25, 0.3) is 0 Å². The Morgan fingerprint density at radius 3 is 3.00 bits per heavy atom. The largest absolute Gasteiger partial charge is 0.341 e. The molecule has 1 aromatic carbocycles. The van der Waals surface area contributed by atoms with E-state index in [4.69, 9.17) is 4.52 Å². The molecular formula is C20H23N5O2. The van der Waals surface area contributed by atoms with E-state index in [9.17, 15) is 4.79 Å². The lowest BCUT2D eigenvalue weighted by Crippen LogP contribution is -2.42. The zero-order valence-electron chi connectivity index (χ0n) is 15.4. The number of rotatable bonds is 5. The molecule has 1 fully saturated rings. The molecule has 0 N–H and O–H groups in total. The lowest BCUT2D eigenvalue weighted by molar-refractivity contribution is -0.133. The summed E-state index contributed by atoms with van der Waals surface area (Å²) in [5, 5.41) is 8.25. The summed E-state index contributed by atoms with van der Waals surface area (Å²) in [6, 6.07) is 9.84. The number of nitrogens with zero attached hydrogens (tertiary/aromatic N) is 5. The van der Waals surface area contributed by atoms with Crippen molar-refractivity contribution in [3.05, 3.63) is 54.2 Å². The predicted molar refractivity (Wildman–Crippen MR) is 99.7 cm³/mol. The average molecular weight is 365 g/mol. The molecule has 0 aliphatic carbocycles. The molecule has 0 bridgehead atoms. The highest BCUT2D eigenvalue weighted by Crippen LogP contribution is 2.23. The van der Waals surface area contributed by atoms with Crippen molar-refractivity contribution in [3.8, 4) is 11.4 Å². The Bertz CT molecular complexity index is 903. The van der Waals surface area contributed by atoms with Gasteiger partial charge in [-0.15, -0.1) is 0 Å². The van der Waals surface area contributed by atoms with Crippen LogP contribution in [0, 0.1) is 12.8 Å². The van der Waals surface area contributed by atoms with Gasteiger partial charge in [-0.2, -0.15) is 10.1 Å². The molecule has 7 heteroatoms. The van der Waals surface area contributed by atoms with Gasteiger partial charge in [0.1, 0.15) is 6.54 Å². The molecular weight excluding hydrogens is 342 g/mol. The Hall–Kier alpha value is -2.96. The number of benzene rings is 1. The number of amides is 1. The van der Waals surface area contributed by atoms with Gasteiger partial charge >= 0.3 is 0 Å². The van der Waals surface area contributed by atoms with Crippen molar-refractivity contribution in [3.63, 3.8) is 0 Å². The van der Waals surface area contributed by atoms with Crippen molar-refractivity contribution in [2.75, 3.05) is 13.1 Å². The van der Waals surface area contributed by atoms with Crippen LogP contribution in [0.15, 0.2) is 47.2 Å². The Kier molecular flexibility index (Phi) is 5.00. The van der Waals surface area contributed by atoms with E-state index in [0.29, 0.717) is 24.1 Å². The molecule has 2 aromatic heterocycles. The highest BCUT2D eigenvalue weighted by molar-refractivity contribution is 5.76. The van der Waals surface area contributed by atoms with Gasteiger partial charge < -0.3 is 9.42 Å². The third kappa shape index (κ3) is 4.07. The standard InChI is InChI=1S/C20H23N5O2/c1-15-6-2-3-8-17(15)20-22-18(27-23-20)12-16-7-4-10-24(13-16)19(26)14-25-11-5-9-21-25/h2-3,5-6,8-9,11,16H,4,7,10,12-14H2,1H3. The van der Waals surface area contributed by atoms with Crippen molar-refractivity contribution in [2.24, 2.45) is 5.92 Å². The number of carbonyl (C=O) groups excluding carboxylic acids is 1. The van der Waals surface area contributed by atoms with E-state index in [2.05, 4.69) is 15.2 Å². The summed E-state index contributed by atoms with van der Waals surface area (Å²) in [5.74, 6) is 1.71. The number of aromatic nitrogens is 4. The zero-order chi connectivity index (χ0) is 18.6. The van der Waals surface area contributed by atoms with E-state index in [1.807, 2.05) is 48.4 Å². The summed E-state index contributed by atoms with van der Waals surface area (Å²) >= 11 is 0. The van der Waals surface area contributed by atoms with Crippen LogP contribution < -0.4 is 0 Å². The number of hydrogen-bond donors (Lipinski definition) is 0. The van der Waals surface area contributed by atoms with Crippen molar-refractivity contribution in [2.45, 2.75) is 32.7 Å². The quantitative estimate of drug-likeness (QED) is 0.695. The van der Waals surface area contributed by atoms with Gasteiger partial charge in [0.2, 0.25) is 17.6 Å². The minimum absolute atomic E-state index is 0.106. The number of hydrogen-bond acceptors (Lipinski definition) is 5. The first-order valence-electron chi connectivity index (χ1n) is 9.33. The maximum absolute atomic E-state index is 12.5.